The third kappa shape index (κ3) is 10.3. The van der Waals surface area contributed by atoms with Crippen LogP contribution in [-0.4, -0.2) is 12.5 Å². The van der Waals surface area contributed by atoms with Crippen molar-refractivity contribution in [2.45, 2.75) is 54.9 Å². The van der Waals surface area contributed by atoms with Crippen molar-refractivity contribution in [2.75, 3.05) is 6.54 Å². The molecule has 1 rings (SSSR count). The van der Waals surface area contributed by atoms with Gasteiger partial charge in [-0.25, -0.2) is 0 Å². The molecule has 0 atom stereocenters. The van der Waals surface area contributed by atoms with Crippen molar-refractivity contribution in [3.8, 4) is 0 Å². The zero-order valence-corrected chi connectivity index (χ0v) is 11.1. The molecule has 0 aliphatic heterocycles. The Kier molecular flexibility index (Phi) is 10.1. The number of carbonyl (C=O) groups excluding carboxylic acids is 1. The van der Waals surface area contributed by atoms with E-state index < -0.39 is 0 Å². The summed E-state index contributed by atoms with van der Waals surface area (Å²) in [6.45, 7) is 7.20. The molecule has 2 nitrogen and oxygen atoms in total. The van der Waals surface area contributed by atoms with E-state index in [2.05, 4.69) is 38.2 Å². The van der Waals surface area contributed by atoms with Crippen molar-refractivity contribution >= 4 is 5.91 Å². The molecule has 1 aromatic rings. The second kappa shape index (κ2) is 9.60. The monoisotopic (exact) mass is 265 g/mol. The van der Waals surface area contributed by atoms with Crippen molar-refractivity contribution < 1.29 is 4.79 Å². The Morgan fingerprint density at radius 2 is 1.68 bits per heavy atom. The summed E-state index contributed by atoms with van der Waals surface area (Å²) in [5.74, 6) is 0.163. The standard InChI is InChI=1S/C15H23NO.2CH4/c1-15(2,3)11-9-14(17)16-12-10-13-7-5-4-6-8-13;;/h4-8H,9-12H2,1-3H3,(H,16,17);2*1H4. The summed E-state index contributed by atoms with van der Waals surface area (Å²) in [6, 6.07) is 10.2. The Labute approximate surface area is 119 Å². The highest BCUT2D eigenvalue weighted by Gasteiger charge is 2.12. The van der Waals surface area contributed by atoms with Crippen molar-refractivity contribution in [2.24, 2.45) is 5.41 Å². The Balaban J connectivity index is 0. The minimum Gasteiger partial charge on any atom is -0.356 e. The summed E-state index contributed by atoms with van der Waals surface area (Å²) in [5, 5.41) is 2.96. The largest absolute Gasteiger partial charge is 0.356 e. The molecule has 19 heavy (non-hydrogen) atoms. The lowest BCUT2D eigenvalue weighted by molar-refractivity contribution is -0.121. The van der Waals surface area contributed by atoms with Crippen LogP contribution in [0.4, 0.5) is 0 Å². The second-order valence-electron chi connectivity index (χ2n) is 5.65. The fraction of sp³-hybridized carbons (Fsp3) is 0.588. The molecule has 0 unspecified atom stereocenters. The van der Waals surface area contributed by atoms with Crippen molar-refractivity contribution in [3.05, 3.63) is 35.9 Å². The number of carbonyl (C=O) groups is 1. The summed E-state index contributed by atoms with van der Waals surface area (Å²) < 4.78 is 0. The highest BCUT2D eigenvalue weighted by Crippen LogP contribution is 2.20. The molecule has 110 valence electrons. The average molecular weight is 265 g/mol. The molecule has 0 spiro atoms. The SMILES string of the molecule is C.C.CC(C)(C)CCC(=O)NCCc1ccccc1. The van der Waals surface area contributed by atoms with Crippen LogP contribution >= 0.6 is 0 Å². The predicted molar refractivity (Wildman–Crippen MR) is 85.3 cm³/mol. The maximum absolute atomic E-state index is 11.6. The fourth-order valence-electron chi connectivity index (χ4n) is 1.57. The van der Waals surface area contributed by atoms with Crippen molar-refractivity contribution in [3.63, 3.8) is 0 Å². The van der Waals surface area contributed by atoms with Crippen LogP contribution < -0.4 is 5.32 Å². The third-order valence-corrected chi connectivity index (χ3v) is 2.68. The lowest BCUT2D eigenvalue weighted by Crippen LogP contribution is -2.26. The lowest BCUT2D eigenvalue weighted by atomic mass is 9.90. The number of hydrogen-bond acceptors (Lipinski definition) is 1. The van der Waals surface area contributed by atoms with Gasteiger partial charge in [-0.05, 0) is 23.8 Å². The van der Waals surface area contributed by atoms with E-state index >= 15 is 0 Å². The van der Waals surface area contributed by atoms with E-state index in [-0.39, 0.29) is 26.2 Å². The van der Waals surface area contributed by atoms with E-state index in [0.29, 0.717) is 6.42 Å². The Hall–Kier alpha value is -1.31. The molecule has 0 bridgehead atoms. The highest BCUT2D eigenvalue weighted by atomic mass is 16.1. The smallest absolute Gasteiger partial charge is 0.220 e. The van der Waals surface area contributed by atoms with Crippen LogP contribution in [0.2, 0.25) is 0 Å². The number of nitrogens with one attached hydrogen (secondary N) is 1. The summed E-state index contributed by atoms with van der Waals surface area (Å²) in [6.07, 6.45) is 2.46. The quantitative estimate of drug-likeness (QED) is 0.837. The third-order valence-electron chi connectivity index (χ3n) is 2.68. The van der Waals surface area contributed by atoms with E-state index in [1.165, 1.54) is 5.56 Å². The van der Waals surface area contributed by atoms with Crippen LogP contribution in [-0.2, 0) is 11.2 Å². The topological polar surface area (TPSA) is 29.1 Å². The minimum atomic E-state index is 0. The van der Waals surface area contributed by atoms with E-state index in [0.717, 1.165) is 19.4 Å². The number of hydrogen-bond donors (Lipinski definition) is 1. The molecular weight excluding hydrogens is 234 g/mol. The molecule has 2 heteroatoms. The molecule has 0 heterocycles. The molecule has 1 aromatic carbocycles. The van der Waals surface area contributed by atoms with Gasteiger partial charge in [0.1, 0.15) is 0 Å². The summed E-state index contributed by atoms with van der Waals surface area (Å²) in [7, 11) is 0. The van der Waals surface area contributed by atoms with E-state index in [9.17, 15) is 4.79 Å². The first-order valence-corrected chi connectivity index (χ1v) is 6.28. The van der Waals surface area contributed by atoms with E-state index in [1.54, 1.807) is 0 Å². The minimum absolute atomic E-state index is 0. The average Bonchev–Trinajstić information content (AvgIpc) is 2.27. The van der Waals surface area contributed by atoms with Crippen LogP contribution in [0.25, 0.3) is 0 Å². The van der Waals surface area contributed by atoms with Gasteiger partial charge >= 0.3 is 0 Å². The fourth-order valence-corrected chi connectivity index (χ4v) is 1.57. The Morgan fingerprint density at radius 1 is 1.11 bits per heavy atom. The van der Waals surface area contributed by atoms with E-state index in [4.69, 9.17) is 0 Å². The van der Waals surface area contributed by atoms with Crippen LogP contribution in [0.3, 0.4) is 0 Å². The molecule has 0 fully saturated rings. The lowest BCUT2D eigenvalue weighted by Gasteiger charge is -2.17. The van der Waals surface area contributed by atoms with Crippen molar-refractivity contribution in [1.29, 1.82) is 0 Å². The van der Waals surface area contributed by atoms with Gasteiger partial charge in [-0.15, -0.1) is 0 Å². The summed E-state index contributed by atoms with van der Waals surface area (Å²) in [5.41, 5.74) is 1.50. The van der Waals surface area contributed by atoms with Gasteiger partial charge in [0.15, 0.2) is 0 Å². The predicted octanol–water partition coefficient (Wildman–Crippen LogP) is 4.44. The first-order valence-electron chi connectivity index (χ1n) is 6.28. The maximum atomic E-state index is 11.6. The van der Waals surface area contributed by atoms with Crippen LogP contribution in [0.15, 0.2) is 30.3 Å². The Morgan fingerprint density at radius 3 is 2.21 bits per heavy atom. The van der Waals surface area contributed by atoms with Gasteiger partial charge in [0.05, 0.1) is 0 Å². The van der Waals surface area contributed by atoms with Gasteiger partial charge in [-0.1, -0.05) is 66.0 Å². The highest BCUT2D eigenvalue weighted by molar-refractivity contribution is 5.75. The Bertz CT molecular complexity index is 338. The van der Waals surface area contributed by atoms with E-state index in [1.807, 2.05) is 18.2 Å². The number of benzene rings is 1. The molecule has 0 radical (unpaired) electrons. The van der Waals surface area contributed by atoms with Crippen LogP contribution in [0.5, 0.6) is 0 Å². The molecule has 0 aromatic heterocycles. The molecular formula is C17H31NO. The van der Waals surface area contributed by atoms with Crippen molar-refractivity contribution in [1.82, 2.24) is 5.32 Å². The van der Waals surface area contributed by atoms with Gasteiger partial charge < -0.3 is 5.32 Å². The maximum Gasteiger partial charge on any atom is 0.220 e. The number of amides is 1. The van der Waals surface area contributed by atoms with Gasteiger partial charge in [-0.2, -0.15) is 0 Å². The van der Waals surface area contributed by atoms with Gasteiger partial charge in [0.25, 0.3) is 0 Å². The molecule has 1 N–H and O–H groups in total. The molecule has 0 aliphatic rings. The first-order chi connectivity index (χ1) is 7.97. The van der Waals surface area contributed by atoms with Gasteiger partial charge in [0.2, 0.25) is 5.91 Å². The molecule has 0 saturated carbocycles. The van der Waals surface area contributed by atoms with Gasteiger partial charge in [0, 0.05) is 13.0 Å². The summed E-state index contributed by atoms with van der Waals surface area (Å²) >= 11 is 0. The molecule has 1 amide bonds. The second-order valence-corrected chi connectivity index (χ2v) is 5.65. The van der Waals surface area contributed by atoms with Gasteiger partial charge in [-0.3, -0.25) is 4.79 Å². The molecule has 0 aliphatic carbocycles. The first kappa shape index (κ1) is 20.0. The molecule has 0 saturated heterocycles. The zero-order chi connectivity index (χ0) is 12.7. The van der Waals surface area contributed by atoms with Crippen LogP contribution in [0.1, 0.15) is 54.0 Å². The zero-order valence-electron chi connectivity index (χ0n) is 11.1. The summed E-state index contributed by atoms with van der Waals surface area (Å²) in [4.78, 5) is 11.6. The van der Waals surface area contributed by atoms with Crippen LogP contribution in [0, 0.1) is 5.41 Å². The number of rotatable bonds is 5. The normalized spacial score (nSPS) is 10.1.